The van der Waals surface area contributed by atoms with Crippen molar-refractivity contribution in [3.05, 3.63) is 35.4 Å². The lowest BCUT2D eigenvalue weighted by Gasteiger charge is -2.33. The van der Waals surface area contributed by atoms with Gasteiger partial charge in [0.25, 0.3) is 0 Å². The van der Waals surface area contributed by atoms with Crippen LogP contribution in [0, 0.1) is 5.92 Å². The van der Waals surface area contributed by atoms with E-state index >= 15 is 0 Å². The third-order valence-electron chi connectivity index (χ3n) is 4.71. The van der Waals surface area contributed by atoms with Crippen LogP contribution in [0.25, 0.3) is 0 Å². The topological polar surface area (TPSA) is 38.0 Å². The molecule has 2 aliphatic rings. The molecule has 0 heterocycles. The Morgan fingerprint density at radius 2 is 1.72 bits per heavy atom. The summed E-state index contributed by atoms with van der Waals surface area (Å²) in [6.45, 7) is 0.845. The zero-order chi connectivity index (χ0) is 12.4. The number of nitrogens with one attached hydrogen (secondary N) is 1. The van der Waals surface area contributed by atoms with Gasteiger partial charge in [-0.25, -0.2) is 0 Å². The van der Waals surface area contributed by atoms with Crippen LogP contribution in [-0.2, 0) is 12.8 Å². The summed E-state index contributed by atoms with van der Waals surface area (Å²) in [5.41, 5.74) is 8.99. The first-order valence-corrected chi connectivity index (χ1v) is 7.39. The molecule has 2 atom stereocenters. The van der Waals surface area contributed by atoms with Gasteiger partial charge in [0.05, 0.1) is 0 Å². The van der Waals surface area contributed by atoms with Gasteiger partial charge in [0.1, 0.15) is 0 Å². The molecule has 1 aromatic carbocycles. The molecule has 2 aliphatic carbocycles. The van der Waals surface area contributed by atoms with Crippen LogP contribution in [-0.4, -0.2) is 18.6 Å². The molecule has 0 amide bonds. The van der Waals surface area contributed by atoms with Crippen molar-refractivity contribution in [2.45, 2.75) is 50.6 Å². The molecular weight excluding hydrogens is 220 g/mol. The molecule has 0 spiro atoms. The predicted octanol–water partition coefficient (Wildman–Crippen LogP) is 2.26. The maximum absolute atomic E-state index is 5.91. The second-order valence-electron chi connectivity index (χ2n) is 5.93. The standard InChI is InChI=1S/C16H24N2/c17-11-14-7-3-4-8-16(14)18-15-9-12-5-1-2-6-13(12)10-15/h1-2,5-6,14-16,18H,3-4,7-11,17H2. The number of hydrogen-bond donors (Lipinski definition) is 2. The van der Waals surface area contributed by atoms with Crippen molar-refractivity contribution in [2.24, 2.45) is 11.7 Å². The highest BCUT2D eigenvalue weighted by atomic mass is 15.0. The Hall–Kier alpha value is -0.860. The van der Waals surface area contributed by atoms with Crippen LogP contribution < -0.4 is 11.1 Å². The molecule has 0 aliphatic heterocycles. The Morgan fingerprint density at radius 3 is 2.39 bits per heavy atom. The first-order valence-electron chi connectivity index (χ1n) is 7.39. The van der Waals surface area contributed by atoms with E-state index in [2.05, 4.69) is 29.6 Å². The van der Waals surface area contributed by atoms with E-state index in [-0.39, 0.29) is 0 Å². The van der Waals surface area contributed by atoms with Crippen LogP contribution >= 0.6 is 0 Å². The van der Waals surface area contributed by atoms with Gasteiger partial charge in [-0.2, -0.15) is 0 Å². The molecule has 0 bridgehead atoms. The first-order chi connectivity index (χ1) is 8.86. The van der Waals surface area contributed by atoms with Crippen LogP contribution in [0.4, 0.5) is 0 Å². The van der Waals surface area contributed by atoms with Crippen LogP contribution in [0.2, 0.25) is 0 Å². The van der Waals surface area contributed by atoms with Crippen molar-refractivity contribution < 1.29 is 0 Å². The Labute approximate surface area is 110 Å². The average molecular weight is 244 g/mol. The Kier molecular flexibility index (Phi) is 3.67. The highest BCUT2D eigenvalue weighted by molar-refractivity contribution is 5.33. The van der Waals surface area contributed by atoms with Crippen molar-refractivity contribution in [2.75, 3.05) is 6.54 Å². The second kappa shape index (κ2) is 5.41. The molecule has 1 aromatic rings. The second-order valence-corrected chi connectivity index (χ2v) is 5.93. The smallest absolute Gasteiger partial charge is 0.0151 e. The van der Waals surface area contributed by atoms with Crippen LogP contribution in [0.15, 0.2) is 24.3 Å². The molecule has 3 N–H and O–H groups in total. The third kappa shape index (κ3) is 2.45. The van der Waals surface area contributed by atoms with Crippen LogP contribution in [0.5, 0.6) is 0 Å². The summed E-state index contributed by atoms with van der Waals surface area (Å²) in [6, 6.07) is 10.2. The Balaban J connectivity index is 1.61. The summed E-state index contributed by atoms with van der Waals surface area (Å²) < 4.78 is 0. The number of benzene rings is 1. The molecule has 0 aromatic heterocycles. The lowest BCUT2D eigenvalue weighted by atomic mass is 9.84. The van der Waals surface area contributed by atoms with Crippen molar-refractivity contribution in [3.63, 3.8) is 0 Å². The quantitative estimate of drug-likeness (QED) is 0.856. The van der Waals surface area contributed by atoms with E-state index in [1.807, 2.05) is 0 Å². The molecular formula is C16H24N2. The van der Waals surface area contributed by atoms with E-state index in [4.69, 9.17) is 5.73 Å². The van der Waals surface area contributed by atoms with Gasteiger partial charge >= 0.3 is 0 Å². The number of nitrogens with two attached hydrogens (primary N) is 1. The van der Waals surface area contributed by atoms with E-state index in [9.17, 15) is 0 Å². The molecule has 0 saturated heterocycles. The van der Waals surface area contributed by atoms with E-state index in [1.54, 1.807) is 0 Å². The fourth-order valence-electron chi connectivity index (χ4n) is 3.69. The van der Waals surface area contributed by atoms with Crippen molar-refractivity contribution in [1.82, 2.24) is 5.32 Å². The van der Waals surface area contributed by atoms with Gasteiger partial charge in [0.15, 0.2) is 0 Å². The summed E-state index contributed by atoms with van der Waals surface area (Å²) >= 11 is 0. The zero-order valence-electron chi connectivity index (χ0n) is 11.1. The highest BCUT2D eigenvalue weighted by Gasteiger charge is 2.28. The fourth-order valence-corrected chi connectivity index (χ4v) is 3.69. The summed E-state index contributed by atoms with van der Waals surface area (Å²) in [7, 11) is 0. The van der Waals surface area contributed by atoms with Gasteiger partial charge in [-0.15, -0.1) is 0 Å². The van der Waals surface area contributed by atoms with E-state index in [0.29, 0.717) is 18.0 Å². The molecule has 2 heteroatoms. The van der Waals surface area contributed by atoms with E-state index in [0.717, 1.165) is 6.54 Å². The van der Waals surface area contributed by atoms with Crippen molar-refractivity contribution in [1.29, 1.82) is 0 Å². The third-order valence-corrected chi connectivity index (χ3v) is 4.71. The van der Waals surface area contributed by atoms with Crippen LogP contribution in [0.3, 0.4) is 0 Å². The van der Waals surface area contributed by atoms with Gasteiger partial charge in [0.2, 0.25) is 0 Å². The average Bonchev–Trinajstić information content (AvgIpc) is 2.81. The summed E-state index contributed by atoms with van der Waals surface area (Å²) in [5.74, 6) is 0.697. The predicted molar refractivity (Wildman–Crippen MR) is 75.6 cm³/mol. The molecule has 0 radical (unpaired) electrons. The van der Waals surface area contributed by atoms with Crippen molar-refractivity contribution >= 4 is 0 Å². The monoisotopic (exact) mass is 244 g/mol. The van der Waals surface area contributed by atoms with Gasteiger partial charge < -0.3 is 11.1 Å². The largest absolute Gasteiger partial charge is 0.330 e. The molecule has 2 nitrogen and oxygen atoms in total. The fraction of sp³-hybridized carbons (Fsp3) is 0.625. The van der Waals surface area contributed by atoms with Gasteiger partial charge in [-0.05, 0) is 49.3 Å². The van der Waals surface area contributed by atoms with Gasteiger partial charge in [-0.3, -0.25) is 0 Å². The maximum Gasteiger partial charge on any atom is 0.0151 e. The SMILES string of the molecule is NCC1CCCCC1NC1Cc2ccccc2C1. The van der Waals surface area contributed by atoms with E-state index < -0.39 is 0 Å². The number of fused-ring (bicyclic) bond motifs is 1. The molecule has 1 saturated carbocycles. The van der Waals surface area contributed by atoms with Gasteiger partial charge in [-0.1, -0.05) is 37.1 Å². The first kappa shape index (κ1) is 12.2. The summed E-state index contributed by atoms with van der Waals surface area (Å²) in [5, 5.41) is 3.89. The molecule has 2 unspecified atom stereocenters. The molecule has 3 rings (SSSR count). The molecule has 98 valence electrons. The summed E-state index contributed by atoms with van der Waals surface area (Å²) in [6.07, 6.45) is 7.76. The number of rotatable bonds is 3. The number of hydrogen-bond acceptors (Lipinski definition) is 2. The normalized spacial score (nSPS) is 28.3. The zero-order valence-corrected chi connectivity index (χ0v) is 11.1. The Bertz CT molecular complexity index is 377. The maximum atomic E-state index is 5.91. The van der Waals surface area contributed by atoms with Crippen molar-refractivity contribution in [3.8, 4) is 0 Å². The lowest BCUT2D eigenvalue weighted by molar-refractivity contribution is 0.249. The lowest BCUT2D eigenvalue weighted by Crippen LogP contribution is -2.47. The molecule has 18 heavy (non-hydrogen) atoms. The minimum atomic E-state index is 0.638. The van der Waals surface area contributed by atoms with Crippen LogP contribution in [0.1, 0.15) is 36.8 Å². The van der Waals surface area contributed by atoms with Gasteiger partial charge in [0, 0.05) is 12.1 Å². The summed E-state index contributed by atoms with van der Waals surface area (Å²) in [4.78, 5) is 0. The highest BCUT2D eigenvalue weighted by Crippen LogP contribution is 2.27. The molecule has 1 fully saturated rings. The minimum Gasteiger partial charge on any atom is -0.330 e. The van der Waals surface area contributed by atoms with E-state index in [1.165, 1.54) is 49.7 Å². The Morgan fingerprint density at radius 1 is 1.06 bits per heavy atom. The minimum absolute atomic E-state index is 0.638.